The lowest BCUT2D eigenvalue weighted by Gasteiger charge is -2.26. The highest BCUT2D eigenvalue weighted by Gasteiger charge is 2.19. The first-order valence-corrected chi connectivity index (χ1v) is 11.4. The summed E-state index contributed by atoms with van der Waals surface area (Å²) in [6.07, 6.45) is 5.24. The van der Waals surface area contributed by atoms with Crippen molar-refractivity contribution in [2.24, 2.45) is 0 Å². The van der Waals surface area contributed by atoms with E-state index in [0.717, 1.165) is 30.6 Å². The van der Waals surface area contributed by atoms with Gasteiger partial charge in [0.05, 0.1) is 10.4 Å². The fourth-order valence-electron chi connectivity index (χ4n) is 3.47. The van der Waals surface area contributed by atoms with Gasteiger partial charge in [0.25, 0.3) is 0 Å². The third-order valence-corrected chi connectivity index (χ3v) is 6.18. The lowest BCUT2D eigenvalue weighted by Crippen LogP contribution is -2.35. The van der Waals surface area contributed by atoms with E-state index < -0.39 is 9.84 Å². The number of fused-ring (bicyclic) bond motifs is 1. The van der Waals surface area contributed by atoms with Crippen molar-refractivity contribution < 1.29 is 13.2 Å². The molecule has 1 aliphatic heterocycles. The van der Waals surface area contributed by atoms with Gasteiger partial charge in [-0.3, -0.25) is 4.79 Å². The van der Waals surface area contributed by atoms with Gasteiger partial charge in [-0.25, -0.2) is 18.4 Å². The molecule has 4 rings (SSSR count). The van der Waals surface area contributed by atoms with Crippen molar-refractivity contribution in [3.8, 4) is 0 Å². The Morgan fingerprint density at radius 2 is 1.86 bits per heavy atom. The van der Waals surface area contributed by atoms with E-state index in [4.69, 9.17) is 0 Å². The summed E-state index contributed by atoms with van der Waals surface area (Å²) >= 11 is 0. The van der Waals surface area contributed by atoms with Crippen molar-refractivity contribution in [3.63, 3.8) is 0 Å². The maximum atomic E-state index is 12.1. The van der Waals surface area contributed by atoms with Crippen LogP contribution in [-0.2, 0) is 21.2 Å². The van der Waals surface area contributed by atoms with E-state index in [1.54, 1.807) is 18.2 Å². The number of rotatable bonds is 5. The third-order valence-electron chi connectivity index (χ3n) is 5.07. The van der Waals surface area contributed by atoms with E-state index in [1.807, 2.05) is 29.2 Å². The van der Waals surface area contributed by atoms with Crippen LogP contribution in [0.15, 0.2) is 53.7 Å². The summed E-state index contributed by atoms with van der Waals surface area (Å²) in [6.45, 7) is 1.29. The predicted octanol–water partition coefficient (Wildman–Crippen LogP) is 3.16. The molecular weight excluding hydrogens is 388 g/mol. The fraction of sp³-hybridized carbons (Fsp3) is 0.286. The quantitative estimate of drug-likeness (QED) is 0.695. The molecule has 0 aliphatic carbocycles. The monoisotopic (exact) mass is 410 g/mol. The highest BCUT2D eigenvalue weighted by Crippen LogP contribution is 2.24. The molecule has 0 atom stereocenters. The zero-order valence-corrected chi connectivity index (χ0v) is 16.9. The van der Waals surface area contributed by atoms with Crippen molar-refractivity contribution >= 4 is 38.2 Å². The van der Waals surface area contributed by atoms with E-state index in [2.05, 4.69) is 15.3 Å². The largest absolute Gasteiger partial charge is 0.365 e. The van der Waals surface area contributed by atoms with Gasteiger partial charge >= 0.3 is 0 Å². The summed E-state index contributed by atoms with van der Waals surface area (Å²) < 4.78 is 23.7. The van der Waals surface area contributed by atoms with Crippen molar-refractivity contribution in [3.05, 3.63) is 54.4 Å². The van der Waals surface area contributed by atoms with Gasteiger partial charge in [0.1, 0.15) is 12.1 Å². The van der Waals surface area contributed by atoms with Crippen LogP contribution >= 0.6 is 0 Å². The van der Waals surface area contributed by atoms with Crippen LogP contribution < -0.4 is 10.2 Å². The van der Waals surface area contributed by atoms with E-state index >= 15 is 0 Å². The number of piperidine rings is 1. The zero-order chi connectivity index (χ0) is 20.4. The van der Waals surface area contributed by atoms with Gasteiger partial charge in [0.15, 0.2) is 9.84 Å². The standard InChI is InChI=1S/C21H22N4O3S/c1-29(27,28)17-9-10-19-18(12-17)21(24-14-23-19)22-13-15-5-7-16(8-6-15)25-11-3-2-4-20(25)26/h5-10,12,14H,2-4,11,13H2,1H3,(H,22,23,24). The number of hydrogen-bond donors (Lipinski definition) is 1. The van der Waals surface area contributed by atoms with Gasteiger partial charge in [-0.2, -0.15) is 0 Å². The molecule has 1 fully saturated rings. The van der Waals surface area contributed by atoms with Crippen LogP contribution in [0.1, 0.15) is 24.8 Å². The fourth-order valence-corrected chi connectivity index (χ4v) is 4.11. The molecule has 0 saturated carbocycles. The molecule has 0 radical (unpaired) electrons. The second-order valence-corrected chi connectivity index (χ2v) is 9.21. The van der Waals surface area contributed by atoms with E-state index in [9.17, 15) is 13.2 Å². The maximum Gasteiger partial charge on any atom is 0.226 e. The minimum absolute atomic E-state index is 0.177. The summed E-state index contributed by atoms with van der Waals surface area (Å²) in [4.78, 5) is 22.6. The van der Waals surface area contributed by atoms with Crippen molar-refractivity contribution in [1.29, 1.82) is 0 Å². The van der Waals surface area contributed by atoms with Gasteiger partial charge in [-0.15, -0.1) is 0 Å². The second-order valence-electron chi connectivity index (χ2n) is 7.20. The second kappa shape index (κ2) is 7.79. The minimum atomic E-state index is -3.31. The Morgan fingerprint density at radius 1 is 1.07 bits per heavy atom. The average Bonchev–Trinajstić information content (AvgIpc) is 2.72. The van der Waals surface area contributed by atoms with Crippen LogP contribution in [0.2, 0.25) is 0 Å². The molecule has 0 spiro atoms. The molecule has 3 aromatic rings. The van der Waals surface area contributed by atoms with Gasteiger partial charge in [0, 0.05) is 36.8 Å². The molecule has 1 saturated heterocycles. The van der Waals surface area contributed by atoms with Crippen LogP contribution in [0.5, 0.6) is 0 Å². The summed E-state index contributed by atoms with van der Waals surface area (Å²) in [5.41, 5.74) is 2.63. The smallest absolute Gasteiger partial charge is 0.226 e. The van der Waals surface area contributed by atoms with Gasteiger partial charge in [0.2, 0.25) is 5.91 Å². The molecular formula is C21H22N4O3S. The highest BCUT2D eigenvalue weighted by molar-refractivity contribution is 7.90. The molecule has 7 nitrogen and oxygen atoms in total. The molecule has 1 N–H and O–H groups in total. The normalized spacial score (nSPS) is 14.9. The number of nitrogens with one attached hydrogen (secondary N) is 1. The maximum absolute atomic E-state index is 12.1. The number of sulfone groups is 1. The van der Waals surface area contributed by atoms with Gasteiger partial charge in [-0.1, -0.05) is 12.1 Å². The Hall–Kier alpha value is -3.00. The number of aromatic nitrogens is 2. The number of hydrogen-bond acceptors (Lipinski definition) is 6. The summed E-state index contributed by atoms with van der Waals surface area (Å²) in [6, 6.07) is 12.7. The van der Waals surface area contributed by atoms with Crippen LogP contribution in [-0.4, -0.2) is 37.1 Å². The van der Waals surface area contributed by atoms with Gasteiger partial charge < -0.3 is 10.2 Å². The van der Waals surface area contributed by atoms with E-state index in [0.29, 0.717) is 29.7 Å². The predicted molar refractivity (Wildman–Crippen MR) is 113 cm³/mol. The molecule has 0 unspecified atom stereocenters. The van der Waals surface area contributed by atoms with Crippen LogP contribution in [0, 0.1) is 0 Å². The molecule has 8 heteroatoms. The first-order chi connectivity index (χ1) is 13.9. The highest BCUT2D eigenvalue weighted by atomic mass is 32.2. The van der Waals surface area contributed by atoms with E-state index in [1.165, 1.54) is 12.6 Å². The Balaban J connectivity index is 1.53. The van der Waals surface area contributed by atoms with Crippen LogP contribution in [0.4, 0.5) is 11.5 Å². The number of nitrogens with zero attached hydrogens (tertiary/aromatic N) is 3. The molecule has 2 heterocycles. The Kier molecular flexibility index (Phi) is 5.19. The number of carbonyl (C=O) groups is 1. The number of anilines is 2. The van der Waals surface area contributed by atoms with E-state index in [-0.39, 0.29) is 10.8 Å². The number of carbonyl (C=O) groups excluding carboxylic acids is 1. The molecule has 2 aromatic carbocycles. The lowest BCUT2D eigenvalue weighted by molar-refractivity contribution is -0.119. The molecule has 150 valence electrons. The Bertz CT molecular complexity index is 1160. The Morgan fingerprint density at radius 3 is 2.59 bits per heavy atom. The molecule has 29 heavy (non-hydrogen) atoms. The molecule has 0 bridgehead atoms. The first kappa shape index (κ1) is 19.3. The summed E-state index contributed by atoms with van der Waals surface area (Å²) in [5.74, 6) is 0.757. The number of amides is 1. The third kappa shape index (κ3) is 4.22. The van der Waals surface area contributed by atoms with Gasteiger partial charge in [-0.05, 0) is 48.7 Å². The minimum Gasteiger partial charge on any atom is -0.365 e. The lowest BCUT2D eigenvalue weighted by atomic mass is 10.1. The first-order valence-electron chi connectivity index (χ1n) is 9.50. The van der Waals surface area contributed by atoms with Crippen LogP contribution in [0.3, 0.4) is 0 Å². The van der Waals surface area contributed by atoms with Crippen molar-refractivity contribution in [2.45, 2.75) is 30.7 Å². The molecule has 1 aromatic heterocycles. The van der Waals surface area contributed by atoms with Crippen LogP contribution in [0.25, 0.3) is 10.9 Å². The molecule has 1 aliphatic rings. The topological polar surface area (TPSA) is 92.3 Å². The number of benzene rings is 2. The summed E-state index contributed by atoms with van der Waals surface area (Å²) in [5, 5.41) is 3.92. The molecule has 1 amide bonds. The Labute approximate surface area is 169 Å². The zero-order valence-electron chi connectivity index (χ0n) is 16.1. The average molecular weight is 410 g/mol. The summed E-state index contributed by atoms with van der Waals surface area (Å²) in [7, 11) is -3.31. The van der Waals surface area contributed by atoms with Crippen molar-refractivity contribution in [1.82, 2.24) is 9.97 Å². The SMILES string of the molecule is CS(=O)(=O)c1ccc2ncnc(NCc3ccc(N4CCCCC4=O)cc3)c2c1. The van der Waals surface area contributed by atoms with Crippen molar-refractivity contribution in [2.75, 3.05) is 23.0 Å².